The fourth-order valence-electron chi connectivity index (χ4n) is 0.720. The van der Waals surface area contributed by atoms with Crippen LogP contribution in [0.15, 0.2) is 18.2 Å². The number of hydrogen-bond acceptors (Lipinski definition) is 1. The second-order valence-corrected chi connectivity index (χ2v) is 1.99. The molecule has 0 aliphatic rings. The molecule has 3 heteroatoms. The van der Waals surface area contributed by atoms with Gasteiger partial charge in [0.05, 0.1) is 5.56 Å². The zero-order valence-corrected chi connectivity index (χ0v) is 6.02. The standard InChI is InChI=1S/C8H7FNO/c1-10-8(11)6-4-2-3-5-7(6)9/h3-5H,1H3,(H,10,11). The van der Waals surface area contributed by atoms with Crippen molar-refractivity contribution in [2.45, 2.75) is 0 Å². The van der Waals surface area contributed by atoms with Crippen molar-refractivity contribution in [3.05, 3.63) is 35.6 Å². The predicted octanol–water partition coefficient (Wildman–Crippen LogP) is 0.985. The SMILES string of the molecule is CNC(=O)c1c[c]ccc1F. The van der Waals surface area contributed by atoms with Crippen LogP contribution in [-0.4, -0.2) is 13.0 Å². The summed E-state index contributed by atoms with van der Waals surface area (Å²) >= 11 is 0. The smallest absolute Gasteiger partial charge is 0.254 e. The van der Waals surface area contributed by atoms with Crippen LogP contribution in [0.25, 0.3) is 0 Å². The number of halogens is 1. The van der Waals surface area contributed by atoms with Crippen LogP contribution in [0, 0.1) is 11.9 Å². The van der Waals surface area contributed by atoms with Crippen molar-refractivity contribution in [3.63, 3.8) is 0 Å². The van der Waals surface area contributed by atoms with Gasteiger partial charge in [-0.1, -0.05) is 6.07 Å². The van der Waals surface area contributed by atoms with Crippen molar-refractivity contribution < 1.29 is 9.18 Å². The summed E-state index contributed by atoms with van der Waals surface area (Å²) in [6, 6.07) is 6.55. The van der Waals surface area contributed by atoms with Gasteiger partial charge < -0.3 is 5.32 Å². The summed E-state index contributed by atoms with van der Waals surface area (Å²) in [4.78, 5) is 10.9. The fraction of sp³-hybridized carbons (Fsp3) is 0.125. The van der Waals surface area contributed by atoms with Crippen LogP contribution in [0.3, 0.4) is 0 Å². The third-order valence-corrected chi connectivity index (χ3v) is 1.28. The molecule has 11 heavy (non-hydrogen) atoms. The van der Waals surface area contributed by atoms with Crippen LogP contribution in [0.1, 0.15) is 10.4 Å². The molecule has 0 bridgehead atoms. The minimum absolute atomic E-state index is 0.0231. The Morgan fingerprint density at radius 1 is 1.73 bits per heavy atom. The lowest BCUT2D eigenvalue weighted by Gasteiger charge is -1.98. The van der Waals surface area contributed by atoms with E-state index in [0.29, 0.717) is 0 Å². The second kappa shape index (κ2) is 3.14. The molecule has 0 saturated heterocycles. The predicted molar refractivity (Wildman–Crippen MR) is 38.6 cm³/mol. The first kappa shape index (κ1) is 7.72. The Bertz CT molecular complexity index is 273. The van der Waals surface area contributed by atoms with Crippen molar-refractivity contribution in [1.29, 1.82) is 0 Å². The second-order valence-electron chi connectivity index (χ2n) is 1.99. The van der Waals surface area contributed by atoms with Crippen LogP contribution in [0.4, 0.5) is 4.39 Å². The van der Waals surface area contributed by atoms with Crippen molar-refractivity contribution in [3.8, 4) is 0 Å². The first-order chi connectivity index (χ1) is 5.25. The van der Waals surface area contributed by atoms with E-state index in [1.807, 2.05) is 0 Å². The van der Waals surface area contributed by atoms with Crippen molar-refractivity contribution >= 4 is 5.91 Å². The summed E-state index contributed by atoms with van der Waals surface area (Å²) in [5, 5.41) is 2.32. The lowest BCUT2D eigenvalue weighted by molar-refractivity contribution is 0.0959. The van der Waals surface area contributed by atoms with Crippen LogP contribution in [0.2, 0.25) is 0 Å². The molecule has 1 aromatic rings. The number of amides is 1. The number of hydrogen-bond donors (Lipinski definition) is 1. The maximum atomic E-state index is 12.7. The van der Waals surface area contributed by atoms with Gasteiger partial charge in [-0.3, -0.25) is 4.79 Å². The van der Waals surface area contributed by atoms with E-state index >= 15 is 0 Å². The molecule has 1 N–H and O–H groups in total. The van der Waals surface area contributed by atoms with E-state index in [9.17, 15) is 9.18 Å². The van der Waals surface area contributed by atoms with Gasteiger partial charge in [-0.15, -0.1) is 0 Å². The summed E-state index contributed by atoms with van der Waals surface area (Å²) in [6.45, 7) is 0. The highest BCUT2D eigenvalue weighted by atomic mass is 19.1. The minimum Gasteiger partial charge on any atom is -0.355 e. The molecule has 1 aromatic carbocycles. The van der Waals surface area contributed by atoms with Crippen LogP contribution < -0.4 is 5.32 Å². The molecule has 0 aliphatic carbocycles. The van der Waals surface area contributed by atoms with Gasteiger partial charge in [0, 0.05) is 7.05 Å². The van der Waals surface area contributed by atoms with Crippen molar-refractivity contribution in [1.82, 2.24) is 5.32 Å². The van der Waals surface area contributed by atoms with E-state index in [-0.39, 0.29) is 5.56 Å². The van der Waals surface area contributed by atoms with E-state index < -0.39 is 11.7 Å². The van der Waals surface area contributed by atoms with Gasteiger partial charge in [0.15, 0.2) is 0 Å². The number of benzene rings is 1. The summed E-state index contributed by atoms with van der Waals surface area (Å²) in [5.41, 5.74) is 0.0231. The molecule has 1 amide bonds. The summed E-state index contributed by atoms with van der Waals surface area (Å²) in [6.07, 6.45) is 0. The summed E-state index contributed by atoms with van der Waals surface area (Å²) < 4.78 is 12.7. The maximum absolute atomic E-state index is 12.7. The molecule has 0 aromatic heterocycles. The quantitative estimate of drug-likeness (QED) is 0.638. The molecule has 0 aliphatic heterocycles. The average Bonchev–Trinajstić information content (AvgIpc) is 2.04. The highest BCUT2D eigenvalue weighted by Gasteiger charge is 2.07. The highest BCUT2D eigenvalue weighted by Crippen LogP contribution is 2.04. The van der Waals surface area contributed by atoms with E-state index in [1.54, 1.807) is 0 Å². The maximum Gasteiger partial charge on any atom is 0.254 e. The van der Waals surface area contributed by atoms with Gasteiger partial charge in [-0.2, -0.15) is 0 Å². The Kier molecular flexibility index (Phi) is 2.21. The van der Waals surface area contributed by atoms with Crippen LogP contribution in [0.5, 0.6) is 0 Å². The Balaban J connectivity index is 3.03. The molecule has 1 rings (SSSR count). The highest BCUT2D eigenvalue weighted by molar-refractivity contribution is 5.94. The van der Waals surface area contributed by atoms with Crippen LogP contribution in [-0.2, 0) is 0 Å². The fourth-order valence-corrected chi connectivity index (χ4v) is 0.720. The van der Waals surface area contributed by atoms with Gasteiger partial charge >= 0.3 is 0 Å². The number of carbonyl (C=O) groups excluding carboxylic acids is 1. The molecule has 0 fully saturated rings. The monoisotopic (exact) mass is 152 g/mol. The molecule has 57 valence electrons. The Morgan fingerprint density at radius 2 is 2.45 bits per heavy atom. The zero-order chi connectivity index (χ0) is 8.27. The van der Waals surface area contributed by atoms with E-state index in [2.05, 4.69) is 11.4 Å². The molecule has 0 spiro atoms. The van der Waals surface area contributed by atoms with Gasteiger partial charge in [0.2, 0.25) is 0 Å². The van der Waals surface area contributed by atoms with Gasteiger partial charge in [-0.25, -0.2) is 4.39 Å². The molecule has 0 atom stereocenters. The van der Waals surface area contributed by atoms with Crippen molar-refractivity contribution in [2.75, 3.05) is 7.05 Å². The zero-order valence-electron chi connectivity index (χ0n) is 6.02. The molecular formula is C8H7FNO. The molecule has 0 saturated carbocycles. The number of nitrogens with one attached hydrogen (secondary N) is 1. The lowest BCUT2D eigenvalue weighted by Crippen LogP contribution is -2.18. The number of rotatable bonds is 1. The largest absolute Gasteiger partial charge is 0.355 e. The third-order valence-electron chi connectivity index (χ3n) is 1.28. The van der Waals surface area contributed by atoms with Gasteiger partial charge in [-0.05, 0) is 18.2 Å². The average molecular weight is 152 g/mol. The van der Waals surface area contributed by atoms with E-state index in [4.69, 9.17) is 0 Å². The third kappa shape index (κ3) is 1.55. The van der Waals surface area contributed by atoms with Gasteiger partial charge in [0.1, 0.15) is 5.82 Å². The van der Waals surface area contributed by atoms with Crippen LogP contribution >= 0.6 is 0 Å². The lowest BCUT2D eigenvalue weighted by atomic mass is 10.2. The Hall–Kier alpha value is -1.38. The molecule has 0 unspecified atom stereocenters. The first-order valence-corrected chi connectivity index (χ1v) is 3.13. The van der Waals surface area contributed by atoms with Gasteiger partial charge in [0.25, 0.3) is 5.91 Å². The minimum atomic E-state index is -0.525. The Labute approximate surface area is 64.0 Å². The first-order valence-electron chi connectivity index (χ1n) is 3.13. The molecule has 0 heterocycles. The molecule has 1 radical (unpaired) electrons. The normalized spacial score (nSPS) is 9.27. The summed E-state index contributed by atoms with van der Waals surface area (Å²) in [7, 11) is 1.45. The molecule has 2 nitrogen and oxygen atoms in total. The summed E-state index contributed by atoms with van der Waals surface area (Å²) in [5.74, 6) is -0.956. The van der Waals surface area contributed by atoms with E-state index in [1.165, 1.54) is 25.2 Å². The Morgan fingerprint density at radius 3 is 3.00 bits per heavy atom. The molecular weight excluding hydrogens is 145 g/mol. The topological polar surface area (TPSA) is 29.1 Å². The number of carbonyl (C=O) groups is 1. The van der Waals surface area contributed by atoms with E-state index in [0.717, 1.165) is 0 Å². The van der Waals surface area contributed by atoms with Crippen molar-refractivity contribution in [2.24, 2.45) is 0 Å².